The van der Waals surface area contributed by atoms with Crippen molar-refractivity contribution >= 4 is 15.9 Å². The molecule has 2 aromatic rings. The van der Waals surface area contributed by atoms with Crippen LogP contribution in [0.3, 0.4) is 0 Å². The average molecular weight is 380 g/mol. The molecular weight excluding hydrogens is 363 g/mol. The van der Waals surface area contributed by atoms with Crippen molar-refractivity contribution < 1.29 is 27.1 Å². The number of nitrogens with one attached hydrogen (secondary N) is 2. The van der Waals surface area contributed by atoms with E-state index >= 15 is 0 Å². The molecule has 0 unspecified atom stereocenters. The van der Waals surface area contributed by atoms with Crippen molar-refractivity contribution in [1.29, 1.82) is 0 Å². The van der Waals surface area contributed by atoms with E-state index < -0.39 is 27.8 Å². The zero-order valence-corrected chi connectivity index (χ0v) is 14.7. The molecule has 1 heterocycles. The Labute approximate surface area is 150 Å². The summed E-state index contributed by atoms with van der Waals surface area (Å²) in [6.07, 6.45) is 0. The first-order chi connectivity index (χ1) is 12.3. The van der Waals surface area contributed by atoms with Gasteiger partial charge in [0.2, 0.25) is 22.7 Å². The molecule has 0 radical (unpaired) electrons. The molecule has 0 saturated carbocycles. The number of sulfonamides is 1. The Kier molecular flexibility index (Phi) is 5.10. The summed E-state index contributed by atoms with van der Waals surface area (Å²) in [7, 11) is -3.93. The Balaban J connectivity index is 1.58. The van der Waals surface area contributed by atoms with Crippen molar-refractivity contribution in [2.45, 2.75) is 24.4 Å². The van der Waals surface area contributed by atoms with Gasteiger partial charge in [-0.05, 0) is 48.9 Å². The lowest BCUT2D eigenvalue weighted by atomic mass is 10.2. The highest BCUT2D eigenvalue weighted by Gasteiger charge is 2.22. The fraction of sp³-hybridized carbons (Fsp3) is 0.235. The van der Waals surface area contributed by atoms with Crippen molar-refractivity contribution in [3.63, 3.8) is 0 Å². The maximum Gasteiger partial charge on any atom is 0.241 e. The predicted octanol–water partition coefficient (Wildman–Crippen LogP) is 1.54. The fourth-order valence-electron chi connectivity index (χ4n) is 2.36. The lowest BCUT2D eigenvalue weighted by Crippen LogP contribution is -2.44. The van der Waals surface area contributed by atoms with Crippen LogP contribution in [0.25, 0.3) is 0 Å². The number of fused-ring (bicyclic) bond motifs is 1. The highest BCUT2D eigenvalue weighted by Crippen LogP contribution is 2.32. The van der Waals surface area contributed by atoms with Gasteiger partial charge in [-0.2, -0.15) is 4.72 Å². The minimum absolute atomic E-state index is 0.116. The van der Waals surface area contributed by atoms with Gasteiger partial charge < -0.3 is 14.8 Å². The third-order valence-electron chi connectivity index (χ3n) is 3.75. The van der Waals surface area contributed by atoms with Crippen LogP contribution in [-0.4, -0.2) is 27.2 Å². The van der Waals surface area contributed by atoms with E-state index in [1.54, 1.807) is 18.2 Å². The number of halogens is 1. The van der Waals surface area contributed by atoms with Crippen LogP contribution in [0.2, 0.25) is 0 Å². The van der Waals surface area contributed by atoms with E-state index in [9.17, 15) is 17.6 Å². The summed E-state index contributed by atoms with van der Waals surface area (Å²) in [5.41, 5.74) is 0.788. The highest BCUT2D eigenvalue weighted by atomic mass is 32.2. The van der Waals surface area contributed by atoms with Gasteiger partial charge in [0.1, 0.15) is 5.82 Å². The smallest absolute Gasteiger partial charge is 0.241 e. The average Bonchev–Trinajstić information content (AvgIpc) is 3.07. The van der Waals surface area contributed by atoms with Crippen LogP contribution in [0.5, 0.6) is 11.5 Å². The van der Waals surface area contributed by atoms with Gasteiger partial charge in [-0.1, -0.05) is 6.07 Å². The van der Waals surface area contributed by atoms with Crippen LogP contribution in [0, 0.1) is 5.82 Å². The van der Waals surface area contributed by atoms with E-state index in [0.29, 0.717) is 11.5 Å². The number of hydrogen-bond donors (Lipinski definition) is 2. The van der Waals surface area contributed by atoms with Crippen LogP contribution in [0.15, 0.2) is 47.4 Å². The summed E-state index contributed by atoms with van der Waals surface area (Å²) in [5, 5.41) is 2.65. The van der Waals surface area contributed by atoms with Crippen molar-refractivity contribution in [3.05, 3.63) is 53.8 Å². The minimum atomic E-state index is -3.93. The molecular formula is C17H17FN2O5S. The number of ether oxygens (including phenoxy) is 2. The monoisotopic (exact) mass is 380 g/mol. The number of hydrogen-bond acceptors (Lipinski definition) is 5. The SMILES string of the molecule is C[C@@H](NS(=O)(=O)c1ccc(F)cc1)C(=O)NCc1ccc2c(c1)OCO2. The molecule has 0 aromatic heterocycles. The zero-order chi connectivity index (χ0) is 18.7. The summed E-state index contributed by atoms with van der Waals surface area (Å²) in [6.45, 7) is 1.79. The molecule has 0 aliphatic carbocycles. The van der Waals surface area contributed by atoms with Crippen LogP contribution in [-0.2, 0) is 21.4 Å². The second-order valence-corrected chi connectivity index (χ2v) is 7.42. The summed E-state index contributed by atoms with van der Waals surface area (Å²) < 4.78 is 50.1. The van der Waals surface area contributed by atoms with E-state index in [2.05, 4.69) is 10.0 Å². The molecule has 9 heteroatoms. The summed E-state index contributed by atoms with van der Waals surface area (Å²) in [4.78, 5) is 12.0. The second kappa shape index (κ2) is 7.30. The molecule has 138 valence electrons. The molecule has 0 spiro atoms. The topological polar surface area (TPSA) is 93.7 Å². The maximum atomic E-state index is 12.9. The first kappa shape index (κ1) is 18.2. The largest absolute Gasteiger partial charge is 0.454 e. The molecule has 7 nitrogen and oxygen atoms in total. The standard InChI is InChI=1S/C17H17FN2O5S/c1-11(20-26(22,23)14-5-3-13(18)4-6-14)17(21)19-9-12-2-7-15-16(8-12)25-10-24-15/h2-8,11,20H,9-10H2,1H3,(H,19,21)/t11-/m1/s1. The molecule has 1 aliphatic heterocycles. The molecule has 26 heavy (non-hydrogen) atoms. The molecule has 1 aliphatic rings. The van der Waals surface area contributed by atoms with E-state index in [-0.39, 0.29) is 18.2 Å². The number of rotatable bonds is 6. The van der Waals surface area contributed by atoms with Crippen molar-refractivity contribution in [2.75, 3.05) is 6.79 Å². The zero-order valence-electron chi connectivity index (χ0n) is 13.9. The number of carbonyl (C=O) groups excluding carboxylic acids is 1. The third kappa shape index (κ3) is 4.12. The minimum Gasteiger partial charge on any atom is -0.454 e. The van der Waals surface area contributed by atoms with Crippen molar-refractivity contribution in [2.24, 2.45) is 0 Å². The van der Waals surface area contributed by atoms with Gasteiger partial charge in [0.15, 0.2) is 11.5 Å². The number of benzene rings is 2. The Hall–Kier alpha value is -2.65. The van der Waals surface area contributed by atoms with Gasteiger partial charge in [-0.15, -0.1) is 0 Å². The number of carbonyl (C=O) groups is 1. The maximum absolute atomic E-state index is 12.9. The van der Waals surface area contributed by atoms with Crippen molar-refractivity contribution in [1.82, 2.24) is 10.0 Å². The van der Waals surface area contributed by atoms with Gasteiger partial charge in [0.05, 0.1) is 10.9 Å². The molecule has 0 fully saturated rings. The quantitative estimate of drug-likeness (QED) is 0.793. The van der Waals surface area contributed by atoms with Gasteiger partial charge in [-0.25, -0.2) is 12.8 Å². The second-order valence-electron chi connectivity index (χ2n) is 5.70. The van der Waals surface area contributed by atoms with E-state index in [4.69, 9.17) is 9.47 Å². The van der Waals surface area contributed by atoms with Gasteiger partial charge >= 0.3 is 0 Å². The van der Waals surface area contributed by atoms with Crippen LogP contribution in [0.4, 0.5) is 4.39 Å². The van der Waals surface area contributed by atoms with Gasteiger partial charge in [0.25, 0.3) is 0 Å². The van der Waals surface area contributed by atoms with E-state index in [0.717, 1.165) is 29.8 Å². The Morgan fingerprint density at radius 1 is 1.15 bits per heavy atom. The molecule has 0 saturated heterocycles. The lowest BCUT2D eigenvalue weighted by molar-refractivity contribution is -0.122. The first-order valence-electron chi connectivity index (χ1n) is 7.79. The van der Waals surface area contributed by atoms with E-state index in [1.165, 1.54) is 6.92 Å². The highest BCUT2D eigenvalue weighted by molar-refractivity contribution is 7.89. The Bertz CT molecular complexity index is 915. The first-order valence-corrected chi connectivity index (χ1v) is 9.27. The van der Waals surface area contributed by atoms with Gasteiger partial charge in [0, 0.05) is 6.54 Å². The normalized spacial score (nSPS) is 14.1. The molecule has 0 bridgehead atoms. The Morgan fingerprint density at radius 2 is 1.85 bits per heavy atom. The molecule has 1 amide bonds. The molecule has 3 rings (SSSR count). The summed E-state index contributed by atoms with van der Waals surface area (Å²) in [6, 6.07) is 8.61. The van der Waals surface area contributed by atoms with Crippen LogP contribution in [0.1, 0.15) is 12.5 Å². The fourth-order valence-corrected chi connectivity index (χ4v) is 3.56. The Morgan fingerprint density at radius 3 is 2.58 bits per heavy atom. The molecule has 2 aromatic carbocycles. The van der Waals surface area contributed by atoms with E-state index in [1.807, 2.05) is 0 Å². The number of amides is 1. The van der Waals surface area contributed by atoms with Crippen LogP contribution >= 0.6 is 0 Å². The van der Waals surface area contributed by atoms with Crippen LogP contribution < -0.4 is 19.5 Å². The molecule has 2 N–H and O–H groups in total. The summed E-state index contributed by atoms with van der Waals surface area (Å²) in [5.74, 6) is 0.203. The van der Waals surface area contributed by atoms with Gasteiger partial charge in [-0.3, -0.25) is 4.79 Å². The third-order valence-corrected chi connectivity index (χ3v) is 5.31. The lowest BCUT2D eigenvalue weighted by Gasteiger charge is -2.14. The van der Waals surface area contributed by atoms with Crippen molar-refractivity contribution in [3.8, 4) is 11.5 Å². The predicted molar refractivity (Wildman–Crippen MR) is 90.6 cm³/mol. The summed E-state index contributed by atoms with van der Waals surface area (Å²) >= 11 is 0. The molecule has 1 atom stereocenters.